The molecule has 1 aromatic carbocycles. The van der Waals surface area contributed by atoms with Crippen LogP contribution in [0.1, 0.15) is 10.4 Å². The van der Waals surface area contributed by atoms with E-state index in [0.29, 0.717) is 18.2 Å². The second kappa shape index (κ2) is 6.31. The fourth-order valence-electron chi connectivity index (χ4n) is 2.08. The SMILES string of the molecule is CN1CCNC(CNC(=O)c2cccc(Br)c2)C1. The molecule has 0 spiro atoms. The summed E-state index contributed by atoms with van der Waals surface area (Å²) in [4.78, 5) is 14.2. The topological polar surface area (TPSA) is 44.4 Å². The number of nitrogens with one attached hydrogen (secondary N) is 2. The fraction of sp³-hybridized carbons (Fsp3) is 0.462. The Bertz CT molecular complexity index is 424. The minimum Gasteiger partial charge on any atom is -0.350 e. The van der Waals surface area contributed by atoms with Gasteiger partial charge in [0.25, 0.3) is 5.91 Å². The van der Waals surface area contributed by atoms with Crippen LogP contribution in [0.4, 0.5) is 0 Å². The number of halogens is 1. The van der Waals surface area contributed by atoms with Crippen molar-refractivity contribution in [1.82, 2.24) is 15.5 Å². The molecule has 1 heterocycles. The molecule has 1 aromatic rings. The highest BCUT2D eigenvalue weighted by Crippen LogP contribution is 2.11. The second-order valence-electron chi connectivity index (χ2n) is 4.63. The van der Waals surface area contributed by atoms with Gasteiger partial charge in [-0.1, -0.05) is 22.0 Å². The number of piperazine rings is 1. The van der Waals surface area contributed by atoms with E-state index in [2.05, 4.69) is 38.5 Å². The summed E-state index contributed by atoms with van der Waals surface area (Å²) in [6.45, 7) is 3.68. The maximum atomic E-state index is 11.9. The van der Waals surface area contributed by atoms with Gasteiger partial charge in [0.15, 0.2) is 0 Å². The zero-order valence-electron chi connectivity index (χ0n) is 10.4. The molecule has 2 rings (SSSR count). The van der Waals surface area contributed by atoms with Crippen molar-refractivity contribution in [2.75, 3.05) is 33.2 Å². The molecular weight excluding hydrogens is 294 g/mol. The summed E-state index contributed by atoms with van der Waals surface area (Å²) >= 11 is 3.37. The predicted molar refractivity (Wildman–Crippen MR) is 75.8 cm³/mol. The predicted octanol–water partition coefficient (Wildman–Crippen LogP) is 1.08. The number of hydrogen-bond acceptors (Lipinski definition) is 3. The van der Waals surface area contributed by atoms with Gasteiger partial charge in [-0.25, -0.2) is 0 Å². The molecule has 18 heavy (non-hydrogen) atoms. The second-order valence-corrected chi connectivity index (χ2v) is 5.55. The first-order chi connectivity index (χ1) is 8.65. The average molecular weight is 312 g/mol. The molecule has 1 amide bonds. The van der Waals surface area contributed by atoms with Gasteiger partial charge >= 0.3 is 0 Å². The number of nitrogens with zero attached hydrogens (tertiary/aromatic N) is 1. The molecule has 0 aliphatic carbocycles. The normalized spacial score (nSPS) is 20.7. The van der Waals surface area contributed by atoms with E-state index in [0.717, 1.165) is 24.1 Å². The van der Waals surface area contributed by atoms with Gasteiger partial charge in [-0.05, 0) is 25.2 Å². The monoisotopic (exact) mass is 311 g/mol. The summed E-state index contributed by atoms with van der Waals surface area (Å²) in [6, 6.07) is 7.76. The Kier molecular flexibility index (Phi) is 4.74. The molecule has 5 heteroatoms. The number of amides is 1. The van der Waals surface area contributed by atoms with E-state index in [1.165, 1.54) is 0 Å². The third kappa shape index (κ3) is 3.80. The quantitative estimate of drug-likeness (QED) is 0.878. The largest absolute Gasteiger partial charge is 0.350 e. The number of likely N-dealkylation sites (N-methyl/N-ethyl adjacent to an activating group) is 1. The lowest BCUT2D eigenvalue weighted by Crippen LogP contribution is -2.53. The van der Waals surface area contributed by atoms with Crippen LogP contribution in [0, 0.1) is 0 Å². The van der Waals surface area contributed by atoms with Gasteiger partial charge in [-0.2, -0.15) is 0 Å². The van der Waals surface area contributed by atoms with Crippen LogP contribution >= 0.6 is 15.9 Å². The highest BCUT2D eigenvalue weighted by Gasteiger charge is 2.17. The molecule has 1 aliphatic rings. The smallest absolute Gasteiger partial charge is 0.251 e. The van der Waals surface area contributed by atoms with Crippen LogP contribution < -0.4 is 10.6 Å². The number of carbonyl (C=O) groups is 1. The van der Waals surface area contributed by atoms with Crippen LogP contribution in [-0.2, 0) is 0 Å². The Labute approximate surface area is 116 Å². The van der Waals surface area contributed by atoms with Crippen molar-refractivity contribution in [3.63, 3.8) is 0 Å². The van der Waals surface area contributed by atoms with E-state index in [4.69, 9.17) is 0 Å². The van der Waals surface area contributed by atoms with Crippen molar-refractivity contribution in [1.29, 1.82) is 0 Å². The van der Waals surface area contributed by atoms with Gasteiger partial charge in [0.2, 0.25) is 0 Å². The van der Waals surface area contributed by atoms with Gasteiger partial charge in [-0.3, -0.25) is 4.79 Å². The minimum absolute atomic E-state index is 0.0219. The zero-order chi connectivity index (χ0) is 13.0. The molecule has 0 radical (unpaired) electrons. The van der Waals surface area contributed by atoms with Gasteiger partial charge in [-0.15, -0.1) is 0 Å². The van der Waals surface area contributed by atoms with E-state index in [-0.39, 0.29) is 5.91 Å². The lowest BCUT2D eigenvalue weighted by molar-refractivity contribution is 0.0944. The first-order valence-electron chi connectivity index (χ1n) is 6.11. The summed E-state index contributed by atoms with van der Waals surface area (Å²) in [6.07, 6.45) is 0. The summed E-state index contributed by atoms with van der Waals surface area (Å²) in [7, 11) is 2.10. The molecule has 4 nitrogen and oxygen atoms in total. The summed E-state index contributed by atoms with van der Waals surface area (Å²) in [5, 5.41) is 6.37. The number of carbonyl (C=O) groups excluding carboxylic acids is 1. The van der Waals surface area contributed by atoms with E-state index in [1.807, 2.05) is 24.3 Å². The third-order valence-electron chi connectivity index (χ3n) is 3.05. The number of hydrogen-bond donors (Lipinski definition) is 2. The number of benzene rings is 1. The maximum Gasteiger partial charge on any atom is 0.251 e. The van der Waals surface area contributed by atoms with Crippen LogP contribution in [0.15, 0.2) is 28.7 Å². The first kappa shape index (κ1) is 13.5. The first-order valence-corrected chi connectivity index (χ1v) is 6.90. The summed E-state index contributed by atoms with van der Waals surface area (Å²) in [5.74, 6) is -0.0219. The van der Waals surface area contributed by atoms with Gasteiger partial charge in [0.1, 0.15) is 0 Å². The summed E-state index contributed by atoms with van der Waals surface area (Å²) in [5.41, 5.74) is 0.688. The molecule has 1 fully saturated rings. The molecule has 1 aliphatic heterocycles. The summed E-state index contributed by atoms with van der Waals surface area (Å²) < 4.78 is 0.922. The molecule has 1 saturated heterocycles. The van der Waals surface area contributed by atoms with E-state index in [9.17, 15) is 4.79 Å². The maximum absolute atomic E-state index is 11.9. The van der Waals surface area contributed by atoms with Gasteiger partial charge in [0, 0.05) is 42.3 Å². The van der Waals surface area contributed by atoms with Gasteiger partial charge < -0.3 is 15.5 Å². The third-order valence-corrected chi connectivity index (χ3v) is 3.55. The van der Waals surface area contributed by atoms with E-state index >= 15 is 0 Å². The molecule has 98 valence electrons. The van der Waals surface area contributed by atoms with Crippen LogP contribution in [0.25, 0.3) is 0 Å². The van der Waals surface area contributed by atoms with Crippen LogP contribution in [0.2, 0.25) is 0 Å². The van der Waals surface area contributed by atoms with E-state index in [1.54, 1.807) is 0 Å². The van der Waals surface area contributed by atoms with Gasteiger partial charge in [0.05, 0.1) is 0 Å². The molecule has 1 unspecified atom stereocenters. The standard InChI is InChI=1S/C13H18BrN3O/c1-17-6-5-15-12(9-17)8-16-13(18)10-3-2-4-11(14)7-10/h2-4,7,12,15H,5-6,8-9H2,1H3,(H,16,18). The van der Waals surface area contributed by atoms with Crippen LogP contribution in [0.3, 0.4) is 0 Å². The van der Waals surface area contributed by atoms with Crippen molar-refractivity contribution < 1.29 is 4.79 Å². The Hall–Kier alpha value is -0.910. The molecule has 0 bridgehead atoms. The Morgan fingerprint density at radius 1 is 1.61 bits per heavy atom. The van der Waals surface area contributed by atoms with Crippen molar-refractivity contribution >= 4 is 21.8 Å². The lowest BCUT2D eigenvalue weighted by Gasteiger charge is -2.30. The molecule has 0 aromatic heterocycles. The molecule has 2 N–H and O–H groups in total. The van der Waals surface area contributed by atoms with Crippen molar-refractivity contribution in [2.24, 2.45) is 0 Å². The average Bonchev–Trinajstić information content (AvgIpc) is 2.36. The Balaban J connectivity index is 1.84. The Morgan fingerprint density at radius 2 is 2.44 bits per heavy atom. The number of rotatable bonds is 3. The molecule has 0 saturated carbocycles. The highest BCUT2D eigenvalue weighted by atomic mass is 79.9. The van der Waals surface area contributed by atoms with Crippen LogP contribution in [0.5, 0.6) is 0 Å². The molecule has 1 atom stereocenters. The minimum atomic E-state index is -0.0219. The van der Waals surface area contributed by atoms with Crippen molar-refractivity contribution in [2.45, 2.75) is 6.04 Å². The zero-order valence-corrected chi connectivity index (χ0v) is 12.0. The van der Waals surface area contributed by atoms with Crippen molar-refractivity contribution in [3.8, 4) is 0 Å². The van der Waals surface area contributed by atoms with Crippen LogP contribution in [-0.4, -0.2) is 50.1 Å². The Morgan fingerprint density at radius 3 is 3.17 bits per heavy atom. The highest BCUT2D eigenvalue weighted by molar-refractivity contribution is 9.10. The lowest BCUT2D eigenvalue weighted by atomic mass is 10.2. The molecular formula is C13H18BrN3O. The van der Waals surface area contributed by atoms with E-state index < -0.39 is 0 Å². The fourth-order valence-corrected chi connectivity index (χ4v) is 2.48. The van der Waals surface area contributed by atoms with Crippen molar-refractivity contribution in [3.05, 3.63) is 34.3 Å².